The summed E-state index contributed by atoms with van der Waals surface area (Å²) in [5.74, 6) is 0.314. The lowest BCUT2D eigenvalue weighted by molar-refractivity contribution is -0.114. The van der Waals surface area contributed by atoms with Crippen molar-refractivity contribution in [1.29, 1.82) is 0 Å². The molecule has 1 aromatic carbocycles. The standard InChI is InChI=1S/C15H24N2O3S/c1-4-21(19,20)10-6-9-16-12(2)14-7-5-8-15(11-14)17-13(3)18/h5,7-8,11-12,16H,4,6,9-10H2,1-3H3,(H,17,18). The lowest BCUT2D eigenvalue weighted by atomic mass is 10.1. The number of benzene rings is 1. The van der Waals surface area contributed by atoms with Gasteiger partial charge in [-0.2, -0.15) is 0 Å². The van der Waals surface area contributed by atoms with E-state index in [1.807, 2.05) is 31.2 Å². The highest BCUT2D eigenvalue weighted by molar-refractivity contribution is 7.91. The van der Waals surface area contributed by atoms with Gasteiger partial charge >= 0.3 is 0 Å². The number of amides is 1. The Labute approximate surface area is 127 Å². The van der Waals surface area contributed by atoms with Crippen LogP contribution in [0.3, 0.4) is 0 Å². The van der Waals surface area contributed by atoms with E-state index in [0.29, 0.717) is 13.0 Å². The Hall–Kier alpha value is -1.40. The van der Waals surface area contributed by atoms with Crippen molar-refractivity contribution >= 4 is 21.4 Å². The maximum Gasteiger partial charge on any atom is 0.221 e. The molecule has 0 aromatic heterocycles. The van der Waals surface area contributed by atoms with Gasteiger partial charge in [0, 0.05) is 24.4 Å². The Morgan fingerprint density at radius 1 is 1.33 bits per heavy atom. The van der Waals surface area contributed by atoms with Crippen molar-refractivity contribution in [3.8, 4) is 0 Å². The minimum absolute atomic E-state index is 0.0995. The molecule has 0 aliphatic rings. The van der Waals surface area contributed by atoms with E-state index in [9.17, 15) is 13.2 Å². The fourth-order valence-corrected chi connectivity index (χ4v) is 2.83. The van der Waals surface area contributed by atoms with E-state index >= 15 is 0 Å². The zero-order chi connectivity index (χ0) is 15.9. The average Bonchev–Trinajstić information content (AvgIpc) is 2.43. The third kappa shape index (κ3) is 6.73. The Kier molecular flexibility index (Phi) is 6.84. The van der Waals surface area contributed by atoms with Crippen LogP contribution >= 0.6 is 0 Å². The van der Waals surface area contributed by atoms with E-state index in [1.165, 1.54) is 6.92 Å². The first-order valence-electron chi connectivity index (χ1n) is 7.15. The first kappa shape index (κ1) is 17.7. The molecule has 0 spiro atoms. The molecule has 1 atom stereocenters. The zero-order valence-electron chi connectivity index (χ0n) is 12.8. The van der Waals surface area contributed by atoms with Gasteiger partial charge < -0.3 is 10.6 Å². The van der Waals surface area contributed by atoms with Gasteiger partial charge in [-0.1, -0.05) is 19.1 Å². The second-order valence-electron chi connectivity index (χ2n) is 5.07. The molecular formula is C15H24N2O3S. The summed E-state index contributed by atoms with van der Waals surface area (Å²) in [5, 5.41) is 6.05. The lowest BCUT2D eigenvalue weighted by Crippen LogP contribution is -2.22. The molecule has 0 fully saturated rings. The number of hydrogen-bond donors (Lipinski definition) is 2. The van der Waals surface area contributed by atoms with E-state index in [4.69, 9.17) is 0 Å². The molecule has 0 radical (unpaired) electrons. The van der Waals surface area contributed by atoms with Gasteiger partial charge in [-0.25, -0.2) is 8.42 Å². The van der Waals surface area contributed by atoms with Crippen molar-refractivity contribution in [2.45, 2.75) is 33.2 Å². The molecule has 1 amide bonds. The normalized spacial score (nSPS) is 12.9. The van der Waals surface area contributed by atoms with Gasteiger partial charge in [-0.05, 0) is 37.6 Å². The molecular weight excluding hydrogens is 288 g/mol. The first-order chi connectivity index (χ1) is 9.84. The summed E-state index contributed by atoms with van der Waals surface area (Å²) in [5.41, 5.74) is 1.82. The molecule has 1 unspecified atom stereocenters. The van der Waals surface area contributed by atoms with Crippen LogP contribution < -0.4 is 10.6 Å². The second-order valence-corrected chi connectivity index (χ2v) is 7.55. The van der Waals surface area contributed by atoms with Crippen molar-refractivity contribution in [2.24, 2.45) is 0 Å². The zero-order valence-corrected chi connectivity index (χ0v) is 13.7. The van der Waals surface area contributed by atoms with Crippen molar-refractivity contribution in [2.75, 3.05) is 23.4 Å². The van der Waals surface area contributed by atoms with Gasteiger partial charge in [0.05, 0.1) is 5.75 Å². The molecule has 0 aliphatic heterocycles. The van der Waals surface area contributed by atoms with Gasteiger partial charge in [-0.3, -0.25) is 4.79 Å². The Bertz CT molecular complexity index is 570. The van der Waals surface area contributed by atoms with E-state index in [0.717, 1.165) is 11.3 Å². The van der Waals surface area contributed by atoms with Gasteiger partial charge in [0.15, 0.2) is 0 Å². The number of carbonyl (C=O) groups is 1. The van der Waals surface area contributed by atoms with Crippen LogP contribution in [-0.2, 0) is 14.6 Å². The van der Waals surface area contributed by atoms with Crippen LogP contribution in [0.4, 0.5) is 5.69 Å². The summed E-state index contributed by atoms with van der Waals surface area (Å²) in [4.78, 5) is 11.0. The number of carbonyl (C=O) groups excluding carboxylic acids is 1. The van der Waals surface area contributed by atoms with E-state index in [-0.39, 0.29) is 23.5 Å². The van der Waals surface area contributed by atoms with Gasteiger partial charge in [0.25, 0.3) is 0 Å². The highest BCUT2D eigenvalue weighted by Crippen LogP contribution is 2.17. The molecule has 118 valence electrons. The van der Waals surface area contributed by atoms with E-state index in [1.54, 1.807) is 6.92 Å². The SMILES string of the molecule is CCS(=O)(=O)CCCNC(C)c1cccc(NC(C)=O)c1. The fraction of sp³-hybridized carbons (Fsp3) is 0.533. The Morgan fingerprint density at radius 2 is 2.05 bits per heavy atom. The third-order valence-electron chi connectivity index (χ3n) is 3.23. The maximum absolute atomic E-state index is 11.4. The molecule has 0 aliphatic carbocycles. The number of anilines is 1. The van der Waals surface area contributed by atoms with Gasteiger partial charge in [-0.15, -0.1) is 0 Å². The molecule has 6 heteroatoms. The molecule has 0 saturated carbocycles. The smallest absolute Gasteiger partial charge is 0.221 e. The van der Waals surface area contributed by atoms with Gasteiger partial charge in [0.2, 0.25) is 5.91 Å². The fourth-order valence-electron chi connectivity index (χ4n) is 1.96. The minimum atomic E-state index is -2.89. The predicted molar refractivity (Wildman–Crippen MR) is 86.1 cm³/mol. The van der Waals surface area contributed by atoms with Crippen LogP contribution in [0.2, 0.25) is 0 Å². The summed E-state index contributed by atoms with van der Waals surface area (Å²) >= 11 is 0. The monoisotopic (exact) mass is 312 g/mol. The summed E-state index contributed by atoms with van der Waals surface area (Å²) in [6.45, 7) is 5.80. The lowest BCUT2D eigenvalue weighted by Gasteiger charge is -2.15. The van der Waals surface area contributed by atoms with Crippen LogP contribution in [0, 0.1) is 0 Å². The average molecular weight is 312 g/mol. The van der Waals surface area contributed by atoms with Crippen LogP contribution in [0.15, 0.2) is 24.3 Å². The molecule has 21 heavy (non-hydrogen) atoms. The molecule has 1 rings (SSSR count). The summed E-state index contributed by atoms with van der Waals surface area (Å²) < 4.78 is 22.8. The highest BCUT2D eigenvalue weighted by Gasteiger charge is 2.09. The van der Waals surface area contributed by atoms with E-state index in [2.05, 4.69) is 10.6 Å². The molecule has 2 N–H and O–H groups in total. The summed E-state index contributed by atoms with van der Waals surface area (Å²) in [6, 6.07) is 7.72. The maximum atomic E-state index is 11.4. The molecule has 5 nitrogen and oxygen atoms in total. The minimum Gasteiger partial charge on any atom is -0.326 e. The van der Waals surface area contributed by atoms with Crippen LogP contribution in [-0.4, -0.2) is 32.4 Å². The van der Waals surface area contributed by atoms with Gasteiger partial charge in [0.1, 0.15) is 9.84 Å². The molecule has 1 aromatic rings. The number of hydrogen-bond acceptors (Lipinski definition) is 4. The number of rotatable bonds is 8. The third-order valence-corrected chi connectivity index (χ3v) is 5.02. The van der Waals surface area contributed by atoms with Crippen LogP contribution in [0.25, 0.3) is 0 Å². The van der Waals surface area contributed by atoms with Crippen molar-refractivity contribution in [3.05, 3.63) is 29.8 Å². The van der Waals surface area contributed by atoms with Crippen molar-refractivity contribution in [3.63, 3.8) is 0 Å². The summed E-state index contributed by atoms with van der Waals surface area (Å²) in [6.07, 6.45) is 0.603. The van der Waals surface area contributed by atoms with E-state index < -0.39 is 9.84 Å². The van der Waals surface area contributed by atoms with Crippen LogP contribution in [0.5, 0.6) is 0 Å². The first-order valence-corrected chi connectivity index (χ1v) is 8.97. The Balaban J connectivity index is 2.48. The topological polar surface area (TPSA) is 75.3 Å². The quantitative estimate of drug-likeness (QED) is 0.721. The highest BCUT2D eigenvalue weighted by atomic mass is 32.2. The molecule has 0 heterocycles. The number of sulfone groups is 1. The Morgan fingerprint density at radius 3 is 2.67 bits per heavy atom. The van der Waals surface area contributed by atoms with Crippen molar-refractivity contribution < 1.29 is 13.2 Å². The summed E-state index contributed by atoms with van der Waals surface area (Å²) in [7, 11) is -2.89. The largest absolute Gasteiger partial charge is 0.326 e. The van der Waals surface area contributed by atoms with Crippen LogP contribution in [0.1, 0.15) is 38.8 Å². The predicted octanol–water partition coefficient (Wildman–Crippen LogP) is 2.12. The second kappa shape index (κ2) is 8.14. The van der Waals surface area contributed by atoms with Crippen molar-refractivity contribution in [1.82, 2.24) is 5.32 Å². The number of nitrogens with one attached hydrogen (secondary N) is 2. The molecule has 0 bridgehead atoms. The molecule has 0 saturated heterocycles.